The van der Waals surface area contributed by atoms with E-state index < -0.39 is 14.9 Å². The summed E-state index contributed by atoms with van der Waals surface area (Å²) >= 11 is 0. The predicted octanol–water partition coefficient (Wildman–Crippen LogP) is 3.64. The van der Waals surface area contributed by atoms with Crippen molar-refractivity contribution in [3.8, 4) is 0 Å². The molecular weight excluding hydrogens is 406 g/mol. The maximum atomic E-state index is 12.3. The molecule has 2 aromatic carbocycles. The van der Waals surface area contributed by atoms with Gasteiger partial charge >= 0.3 is 0 Å². The zero-order valence-corrected chi connectivity index (χ0v) is 18.4. The molecule has 9 heteroatoms. The summed E-state index contributed by atoms with van der Waals surface area (Å²) < 4.78 is 25.4. The van der Waals surface area contributed by atoms with Gasteiger partial charge in [0.25, 0.3) is 5.69 Å². The Labute approximate surface area is 177 Å². The molecule has 0 saturated carbocycles. The van der Waals surface area contributed by atoms with E-state index in [1.807, 2.05) is 32.9 Å². The van der Waals surface area contributed by atoms with E-state index in [4.69, 9.17) is 0 Å². The van der Waals surface area contributed by atoms with Crippen molar-refractivity contribution in [3.63, 3.8) is 0 Å². The van der Waals surface area contributed by atoms with Gasteiger partial charge in [0.05, 0.1) is 22.9 Å². The number of benzene rings is 2. The summed E-state index contributed by atoms with van der Waals surface area (Å²) in [5.41, 5.74) is 3.29. The molecule has 0 unspecified atom stereocenters. The Kier molecular flexibility index (Phi) is 7.55. The van der Waals surface area contributed by atoms with E-state index >= 15 is 0 Å². The molecule has 30 heavy (non-hydrogen) atoms. The fraction of sp³-hybridized carbons (Fsp3) is 0.381. The highest BCUT2D eigenvalue weighted by Gasteiger charge is 2.20. The van der Waals surface area contributed by atoms with E-state index in [1.165, 1.54) is 24.3 Å². The lowest BCUT2D eigenvalue weighted by Gasteiger charge is -2.22. The molecule has 0 fully saturated rings. The van der Waals surface area contributed by atoms with Gasteiger partial charge in [-0.25, -0.2) is 8.42 Å². The number of aryl methyl sites for hydroxylation is 2. The van der Waals surface area contributed by atoms with E-state index in [1.54, 1.807) is 0 Å². The Morgan fingerprint density at radius 2 is 1.90 bits per heavy atom. The number of nitro groups is 1. The Balaban J connectivity index is 2.00. The summed E-state index contributed by atoms with van der Waals surface area (Å²) in [7, 11) is -3.66. The molecule has 1 atom stereocenters. The molecule has 0 saturated heterocycles. The van der Waals surface area contributed by atoms with Crippen molar-refractivity contribution in [2.45, 2.75) is 39.7 Å². The maximum Gasteiger partial charge on any atom is 0.271 e. The van der Waals surface area contributed by atoms with Crippen LogP contribution in [0.2, 0.25) is 0 Å². The molecule has 162 valence electrons. The van der Waals surface area contributed by atoms with Crippen LogP contribution in [0.25, 0.3) is 0 Å². The Morgan fingerprint density at radius 3 is 2.50 bits per heavy atom. The minimum atomic E-state index is -3.66. The number of non-ortho nitro benzene ring substituents is 1. The molecule has 0 aliphatic heterocycles. The molecule has 0 aliphatic rings. The van der Waals surface area contributed by atoms with Crippen molar-refractivity contribution < 1.29 is 18.1 Å². The molecule has 1 amide bonds. The van der Waals surface area contributed by atoms with Gasteiger partial charge in [-0.05, 0) is 44.4 Å². The molecule has 2 rings (SSSR count). The second-order valence-corrected chi connectivity index (χ2v) is 9.27. The van der Waals surface area contributed by atoms with E-state index in [0.717, 1.165) is 27.3 Å². The molecule has 2 aromatic rings. The van der Waals surface area contributed by atoms with Gasteiger partial charge in [-0.3, -0.25) is 19.2 Å². The first-order valence-corrected chi connectivity index (χ1v) is 11.4. The van der Waals surface area contributed by atoms with E-state index in [9.17, 15) is 23.3 Å². The van der Waals surface area contributed by atoms with E-state index in [0.29, 0.717) is 0 Å². The summed E-state index contributed by atoms with van der Waals surface area (Å²) in [6.45, 7) is 5.95. The lowest BCUT2D eigenvalue weighted by molar-refractivity contribution is -0.384. The van der Waals surface area contributed by atoms with Crippen LogP contribution in [0.4, 0.5) is 11.4 Å². The maximum absolute atomic E-state index is 12.3. The number of carbonyl (C=O) groups excluding carboxylic acids is 1. The zero-order chi connectivity index (χ0) is 22.5. The van der Waals surface area contributed by atoms with Crippen LogP contribution in [-0.4, -0.2) is 32.0 Å². The first kappa shape index (κ1) is 23.3. The highest BCUT2D eigenvalue weighted by Crippen LogP contribution is 2.24. The van der Waals surface area contributed by atoms with Crippen molar-refractivity contribution in [3.05, 3.63) is 69.3 Å². The van der Waals surface area contributed by atoms with Crippen molar-refractivity contribution in [2.75, 3.05) is 17.1 Å². The molecule has 0 heterocycles. The largest absolute Gasteiger partial charge is 0.350 e. The quantitative estimate of drug-likeness (QED) is 0.480. The lowest BCUT2D eigenvalue weighted by Crippen LogP contribution is -2.32. The van der Waals surface area contributed by atoms with Crippen LogP contribution < -0.4 is 9.62 Å². The van der Waals surface area contributed by atoms with Crippen LogP contribution in [0.1, 0.15) is 42.5 Å². The van der Waals surface area contributed by atoms with Gasteiger partial charge in [-0.1, -0.05) is 29.8 Å². The Hall–Kier alpha value is -2.94. The molecule has 0 bridgehead atoms. The molecule has 8 nitrogen and oxygen atoms in total. The van der Waals surface area contributed by atoms with Crippen LogP contribution in [0.5, 0.6) is 0 Å². The van der Waals surface area contributed by atoms with Gasteiger partial charge in [0.15, 0.2) is 0 Å². The highest BCUT2D eigenvalue weighted by molar-refractivity contribution is 7.92. The summed E-state index contributed by atoms with van der Waals surface area (Å²) in [5.74, 6) is -0.185. The number of nitro benzene ring substituents is 1. The van der Waals surface area contributed by atoms with Gasteiger partial charge in [-0.15, -0.1) is 0 Å². The van der Waals surface area contributed by atoms with Crippen molar-refractivity contribution in [1.82, 2.24) is 5.32 Å². The summed E-state index contributed by atoms with van der Waals surface area (Å²) in [4.78, 5) is 22.7. The van der Waals surface area contributed by atoms with Crippen LogP contribution in [0, 0.1) is 24.0 Å². The van der Waals surface area contributed by atoms with Crippen molar-refractivity contribution in [1.29, 1.82) is 0 Å². The molecule has 0 spiro atoms. The standard InChI is InChI=1S/C21H27N3O5S/c1-15-10-11-20(16(2)13-15)17(3)22-21(25)9-6-12-23(30(4,28)29)18-7-5-8-19(14-18)24(26)27/h5,7-8,10-11,13-14,17H,6,9,12H2,1-4H3,(H,22,25)/t17-/m1/s1. The molecule has 0 aliphatic carbocycles. The highest BCUT2D eigenvalue weighted by atomic mass is 32.2. The number of amides is 1. The summed E-state index contributed by atoms with van der Waals surface area (Å²) in [6, 6.07) is 11.3. The number of nitrogens with zero attached hydrogens (tertiary/aromatic N) is 2. The minimum Gasteiger partial charge on any atom is -0.350 e. The average molecular weight is 434 g/mol. The van der Waals surface area contributed by atoms with Gasteiger partial charge in [0.2, 0.25) is 15.9 Å². The van der Waals surface area contributed by atoms with Crippen LogP contribution in [0.3, 0.4) is 0 Å². The van der Waals surface area contributed by atoms with E-state index in [2.05, 4.69) is 11.4 Å². The number of carbonyl (C=O) groups is 1. The fourth-order valence-corrected chi connectivity index (χ4v) is 4.29. The molecule has 0 aromatic heterocycles. The van der Waals surface area contributed by atoms with Crippen molar-refractivity contribution >= 4 is 27.3 Å². The third kappa shape index (κ3) is 6.28. The van der Waals surface area contributed by atoms with Crippen LogP contribution in [-0.2, 0) is 14.8 Å². The van der Waals surface area contributed by atoms with Crippen LogP contribution in [0.15, 0.2) is 42.5 Å². The first-order valence-electron chi connectivity index (χ1n) is 9.57. The van der Waals surface area contributed by atoms with Crippen LogP contribution >= 0.6 is 0 Å². The zero-order valence-electron chi connectivity index (χ0n) is 17.6. The molecule has 1 N–H and O–H groups in total. The number of sulfonamides is 1. The second-order valence-electron chi connectivity index (χ2n) is 7.36. The normalized spacial score (nSPS) is 12.3. The smallest absolute Gasteiger partial charge is 0.271 e. The predicted molar refractivity (Wildman–Crippen MR) is 117 cm³/mol. The monoisotopic (exact) mass is 433 g/mol. The first-order chi connectivity index (χ1) is 14.0. The minimum absolute atomic E-state index is 0.0470. The summed E-state index contributed by atoms with van der Waals surface area (Å²) in [5, 5.41) is 13.9. The number of rotatable bonds is 9. The van der Waals surface area contributed by atoms with Gasteiger partial charge in [-0.2, -0.15) is 0 Å². The average Bonchev–Trinajstić information content (AvgIpc) is 2.64. The number of hydrogen-bond donors (Lipinski definition) is 1. The SMILES string of the molecule is Cc1ccc([C@@H](C)NC(=O)CCCN(c2cccc([N+](=O)[O-])c2)S(C)(=O)=O)c(C)c1. The fourth-order valence-electron chi connectivity index (χ4n) is 3.33. The van der Waals surface area contributed by atoms with Gasteiger partial charge < -0.3 is 5.32 Å². The topological polar surface area (TPSA) is 110 Å². The number of anilines is 1. The van der Waals surface area contributed by atoms with Gasteiger partial charge in [0.1, 0.15) is 0 Å². The van der Waals surface area contributed by atoms with Crippen molar-refractivity contribution in [2.24, 2.45) is 0 Å². The number of nitrogens with one attached hydrogen (secondary N) is 1. The van der Waals surface area contributed by atoms with Gasteiger partial charge in [0, 0.05) is 25.1 Å². The third-order valence-electron chi connectivity index (χ3n) is 4.76. The third-order valence-corrected chi connectivity index (χ3v) is 5.96. The van der Waals surface area contributed by atoms with E-state index in [-0.39, 0.29) is 42.7 Å². The molecular formula is C21H27N3O5S. The second kappa shape index (κ2) is 9.71. The summed E-state index contributed by atoms with van der Waals surface area (Å²) in [6.07, 6.45) is 1.45. The molecule has 0 radical (unpaired) electrons. The number of hydrogen-bond acceptors (Lipinski definition) is 5. The Morgan fingerprint density at radius 1 is 1.20 bits per heavy atom. The Bertz CT molecular complexity index is 1040. The lowest BCUT2D eigenvalue weighted by atomic mass is 10.00.